The summed E-state index contributed by atoms with van der Waals surface area (Å²) in [6.07, 6.45) is 7.51. The van der Waals surface area contributed by atoms with Crippen LogP contribution in [0.1, 0.15) is 30.1 Å². The van der Waals surface area contributed by atoms with Crippen LogP contribution in [0.2, 0.25) is 0 Å². The highest BCUT2D eigenvalue weighted by molar-refractivity contribution is 7.92. The van der Waals surface area contributed by atoms with Gasteiger partial charge in [0.25, 0.3) is 0 Å². The van der Waals surface area contributed by atoms with Crippen molar-refractivity contribution < 1.29 is 17.9 Å². The average molecular weight is 519 g/mol. The van der Waals surface area contributed by atoms with E-state index in [1.54, 1.807) is 40.9 Å². The predicted molar refractivity (Wildman–Crippen MR) is 141 cm³/mol. The van der Waals surface area contributed by atoms with Crippen molar-refractivity contribution in [3.8, 4) is 5.75 Å². The molecule has 1 aliphatic rings. The first-order valence-electron chi connectivity index (χ1n) is 11.2. The SMILES string of the molecule is CS(=O)(=O)Nc1ccccc1OC/C=C\CN1CCC(OC(c2ccsc2)c2ccsc2)CC1. The van der Waals surface area contributed by atoms with Crippen molar-refractivity contribution in [3.05, 3.63) is 81.2 Å². The third-order valence-electron chi connectivity index (χ3n) is 5.60. The fourth-order valence-electron chi connectivity index (χ4n) is 3.92. The van der Waals surface area contributed by atoms with Crippen LogP contribution in [-0.4, -0.2) is 51.9 Å². The lowest BCUT2D eigenvalue weighted by atomic mass is 10.0. The normalized spacial score (nSPS) is 15.8. The Morgan fingerprint density at radius 3 is 2.35 bits per heavy atom. The summed E-state index contributed by atoms with van der Waals surface area (Å²) in [5.41, 5.74) is 2.92. The van der Waals surface area contributed by atoms with E-state index in [-0.39, 0.29) is 12.2 Å². The van der Waals surface area contributed by atoms with E-state index in [4.69, 9.17) is 9.47 Å². The van der Waals surface area contributed by atoms with Crippen LogP contribution in [-0.2, 0) is 14.8 Å². The number of piperidine rings is 1. The van der Waals surface area contributed by atoms with Gasteiger partial charge in [0.1, 0.15) is 18.5 Å². The van der Waals surface area contributed by atoms with E-state index in [9.17, 15) is 8.42 Å². The van der Waals surface area contributed by atoms with Crippen molar-refractivity contribution in [2.45, 2.75) is 25.0 Å². The van der Waals surface area contributed by atoms with Crippen LogP contribution in [0, 0.1) is 0 Å². The Labute approximate surface area is 209 Å². The Balaban J connectivity index is 1.21. The Hall–Kier alpha value is -2.17. The van der Waals surface area contributed by atoms with Crippen molar-refractivity contribution in [2.24, 2.45) is 0 Å². The van der Waals surface area contributed by atoms with E-state index in [0.29, 0.717) is 18.0 Å². The second kappa shape index (κ2) is 12.0. The van der Waals surface area contributed by atoms with E-state index >= 15 is 0 Å². The molecule has 3 aromatic rings. The summed E-state index contributed by atoms with van der Waals surface area (Å²) in [6.45, 7) is 3.23. The van der Waals surface area contributed by atoms with Crippen LogP contribution < -0.4 is 9.46 Å². The fraction of sp³-hybridized carbons (Fsp3) is 0.360. The monoisotopic (exact) mass is 518 g/mol. The molecular weight excluding hydrogens is 488 g/mol. The minimum Gasteiger partial charge on any atom is -0.487 e. The van der Waals surface area contributed by atoms with Crippen LogP contribution >= 0.6 is 22.7 Å². The molecule has 1 fully saturated rings. The van der Waals surface area contributed by atoms with Gasteiger partial charge in [0.05, 0.1) is 18.0 Å². The molecule has 0 unspecified atom stereocenters. The maximum atomic E-state index is 11.5. The van der Waals surface area contributed by atoms with Crippen LogP contribution in [0.15, 0.2) is 70.1 Å². The molecule has 6 nitrogen and oxygen atoms in total. The number of thiophene rings is 2. The summed E-state index contributed by atoms with van der Waals surface area (Å²) < 4.78 is 37.8. The number of rotatable bonds is 11. The first kappa shape index (κ1) is 24.9. The lowest BCUT2D eigenvalue weighted by molar-refractivity contribution is -0.0250. The van der Waals surface area contributed by atoms with Crippen molar-refractivity contribution in [3.63, 3.8) is 0 Å². The average Bonchev–Trinajstić information content (AvgIpc) is 3.53. The predicted octanol–water partition coefficient (Wildman–Crippen LogP) is 5.39. The molecule has 0 aliphatic carbocycles. The Morgan fingerprint density at radius 2 is 1.74 bits per heavy atom. The molecule has 34 heavy (non-hydrogen) atoms. The minimum atomic E-state index is -3.35. The van der Waals surface area contributed by atoms with Gasteiger partial charge in [0.2, 0.25) is 10.0 Å². The number of nitrogens with one attached hydrogen (secondary N) is 1. The lowest BCUT2D eigenvalue weighted by Crippen LogP contribution is -2.37. The molecule has 0 amide bonds. The molecule has 0 atom stereocenters. The lowest BCUT2D eigenvalue weighted by Gasteiger charge is -2.33. The summed E-state index contributed by atoms with van der Waals surface area (Å²) >= 11 is 3.42. The van der Waals surface area contributed by atoms with Crippen LogP contribution in [0.5, 0.6) is 5.75 Å². The molecule has 3 heterocycles. The Morgan fingerprint density at radius 1 is 1.06 bits per heavy atom. The van der Waals surface area contributed by atoms with E-state index in [1.807, 2.05) is 12.1 Å². The highest BCUT2D eigenvalue weighted by Gasteiger charge is 2.24. The number of para-hydroxylation sites is 2. The molecule has 0 saturated carbocycles. The number of benzene rings is 1. The number of nitrogens with zero attached hydrogens (tertiary/aromatic N) is 1. The highest BCUT2D eigenvalue weighted by atomic mass is 32.2. The first-order valence-corrected chi connectivity index (χ1v) is 15.0. The topological polar surface area (TPSA) is 67.9 Å². The van der Waals surface area contributed by atoms with Crippen LogP contribution in [0.3, 0.4) is 0 Å². The highest BCUT2D eigenvalue weighted by Crippen LogP contribution is 2.32. The minimum absolute atomic E-state index is 0.0196. The molecular formula is C25H30N2O4S3. The van der Waals surface area contributed by atoms with E-state index in [1.165, 1.54) is 11.1 Å². The van der Waals surface area contributed by atoms with E-state index in [0.717, 1.165) is 38.7 Å². The molecule has 0 spiro atoms. The Bertz CT molecular complexity index is 1100. The second-order valence-corrected chi connectivity index (χ2v) is 11.6. The summed E-state index contributed by atoms with van der Waals surface area (Å²) in [4.78, 5) is 2.42. The molecule has 9 heteroatoms. The van der Waals surface area contributed by atoms with Gasteiger partial charge in [-0.05, 0) is 69.8 Å². The molecule has 1 saturated heterocycles. The molecule has 1 N–H and O–H groups in total. The fourth-order valence-corrected chi connectivity index (χ4v) is 5.84. The van der Waals surface area contributed by atoms with Gasteiger partial charge in [-0.15, -0.1) is 0 Å². The molecule has 182 valence electrons. The number of anilines is 1. The maximum absolute atomic E-state index is 11.5. The largest absolute Gasteiger partial charge is 0.487 e. The second-order valence-electron chi connectivity index (χ2n) is 8.28. The third kappa shape index (κ3) is 7.41. The zero-order chi connectivity index (χ0) is 23.8. The molecule has 2 aromatic heterocycles. The van der Waals surface area contributed by atoms with Gasteiger partial charge >= 0.3 is 0 Å². The quantitative estimate of drug-likeness (QED) is 0.345. The van der Waals surface area contributed by atoms with Gasteiger partial charge in [-0.1, -0.05) is 24.3 Å². The van der Waals surface area contributed by atoms with Gasteiger partial charge in [0.15, 0.2) is 0 Å². The number of hydrogen-bond donors (Lipinski definition) is 1. The van der Waals surface area contributed by atoms with Gasteiger partial charge in [0, 0.05) is 19.6 Å². The van der Waals surface area contributed by atoms with Crippen molar-refractivity contribution in [1.82, 2.24) is 4.90 Å². The molecule has 0 radical (unpaired) electrons. The summed E-state index contributed by atoms with van der Waals surface area (Å²) in [5.74, 6) is 0.515. The number of hydrogen-bond acceptors (Lipinski definition) is 7. The van der Waals surface area contributed by atoms with Gasteiger partial charge in [-0.25, -0.2) is 8.42 Å². The first-order chi connectivity index (χ1) is 16.5. The Kier molecular flexibility index (Phi) is 8.80. The van der Waals surface area contributed by atoms with Crippen molar-refractivity contribution >= 4 is 38.4 Å². The zero-order valence-corrected chi connectivity index (χ0v) is 21.6. The summed E-state index contributed by atoms with van der Waals surface area (Å²) in [5, 5.41) is 8.58. The van der Waals surface area contributed by atoms with Crippen molar-refractivity contribution in [2.75, 3.05) is 37.2 Å². The van der Waals surface area contributed by atoms with Gasteiger partial charge in [-0.3, -0.25) is 9.62 Å². The van der Waals surface area contributed by atoms with Crippen molar-refractivity contribution in [1.29, 1.82) is 0 Å². The molecule has 4 rings (SSSR count). The summed E-state index contributed by atoms with van der Waals surface area (Å²) in [7, 11) is -3.35. The maximum Gasteiger partial charge on any atom is 0.229 e. The van der Waals surface area contributed by atoms with Gasteiger partial charge < -0.3 is 9.47 Å². The zero-order valence-electron chi connectivity index (χ0n) is 19.1. The number of likely N-dealkylation sites (tertiary alicyclic amines) is 1. The number of sulfonamides is 1. The summed E-state index contributed by atoms with van der Waals surface area (Å²) in [6, 6.07) is 11.3. The van der Waals surface area contributed by atoms with E-state index < -0.39 is 10.0 Å². The van der Waals surface area contributed by atoms with E-state index in [2.05, 4.69) is 49.4 Å². The van der Waals surface area contributed by atoms with Gasteiger partial charge in [-0.2, -0.15) is 22.7 Å². The smallest absolute Gasteiger partial charge is 0.229 e. The molecule has 1 aromatic carbocycles. The molecule has 1 aliphatic heterocycles. The van der Waals surface area contributed by atoms with Crippen LogP contribution in [0.4, 0.5) is 5.69 Å². The number of ether oxygens (including phenoxy) is 2. The molecule has 0 bridgehead atoms. The standard InChI is InChI=1S/C25H30N2O4S3/c1-34(28,29)26-23-6-2-3-7-24(23)30-15-5-4-12-27-13-8-22(9-14-27)31-25(20-10-16-32-18-20)21-11-17-33-19-21/h2-7,10-11,16-19,22,25-26H,8-9,12-15H2,1H3/b5-4-. The van der Waals surface area contributed by atoms with Crippen LogP contribution in [0.25, 0.3) is 0 Å². The third-order valence-corrected chi connectivity index (χ3v) is 7.60.